The summed E-state index contributed by atoms with van der Waals surface area (Å²) in [6.45, 7) is 4.40. The van der Waals surface area contributed by atoms with E-state index in [-0.39, 0.29) is 16.5 Å². The number of hydrogen-bond acceptors (Lipinski definition) is 6. The van der Waals surface area contributed by atoms with Gasteiger partial charge in [0.25, 0.3) is 5.69 Å². The van der Waals surface area contributed by atoms with Gasteiger partial charge in [0.05, 0.1) is 10.8 Å². The van der Waals surface area contributed by atoms with Crippen LogP contribution in [0.4, 0.5) is 17.1 Å². The lowest BCUT2D eigenvalue weighted by Gasteiger charge is -2.38. The summed E-state index contributed by atoms with van der Waals surface area (Å²) in [5, 5.41) is 15.1. The van der Waals surface area contributed by atoms with Crippen molar-refractivity contribution in [2.24, 2.45) is 0 Å². The lowest BCUT2D eigenvalue weighted by Crippen LogP contribution is -2.53. The van der Waals surface area contributed by atoms with Crippen LogP contribution in [0.1, 0.15) is 36.3 Å². The van der Waals surface area contributed by atoms with Crippen molar-refractivity contribution < 1.29 is 9.72 Å². The normalized spacial score (nSPS) is 15.8. The number of hydrogen-bond donors (Lipinski definition) is 1. The molecule has 0 atom stereocenters. The second-order valence-electron chi connectivity index (χ2n) is 10.0. The fourth-order valence-electron chi connectivity index (χ4n) is 5.46. The number of thiocarbonyl (C=S) groups is 1. The van der Waals surface area contributed by atoms with Crippen LogP contribution in [0.5, 0.6) is 0 Å². The van der Waals surface area contributed by atoms with Gasteiger partial charge in [-0.1, -0.05) is 60.7 Å². The highest BCUT2D eigenvalue weighted by Crippen LogP contribution is 2.34. The Morgan fingerprint density at radius 1 is 0.795 bits per heavy atom. The molecule has 2 aliphatic heterocycles. The fourth-order valence-corrected chi connectivity index (χ4v) is 5.74. The molecule has 0 saturated carbocycles. The zero-order valence-electron chi connectivity index (χ0n) is 21.9. The summed E-state index contributed by atoms with van der Waals surface area (Å²) in [5.74, 6) is -0.610. The molecule has 1 N–H and O–H groups in total. The summed E-state index contributed by atoms with van der Waals surface area (Å²) >= 11 is 5.67. The Bertz CT molecular complexity index is 1270. The van der Waals surface area contributed by atoms with Crippen molar-refractivity contribution in [3.05, 3.63) is 100 Å². The average molecular weight is 544 g/mol. The lowest BCUT2D eigenvalue weighted by molar-refractivity contribution is -0.384. The number of carbonyl (C=O) groups excluding carboxylic acids is 1. The van der Waals surface area contributed by atoms with E-state index in [4.69, 9.17) is 12.2 Å². The van der Waals surface area contributed by atoms with E-state index in [2.05, 4.69) is 15.1 Å². The number of amides is 1. The van der Waals surface area contributed by atoms with Crippen LogP contribution < -0.4 is 15.1 Å². The first-order valence-corrected chi connectivity index (χ1v) is 13.9. The van der Waals surface area contributed by atoms with E-state index >= 15 is 0 Å². The van der Waals surface area contributed by atoms with E-state index < -0.39 is 5.92 Å². The van der Waals surface area contributed by atoms with Crippen LogP contribution in [-0.2, 0) is 4.79 Å². The minimum Gasteiger partial charge on any atom is -0.368 e. The Hall–Kier alpha value is -3.98. The van der Waals surface area contributed by atoms with Gasteiger partial charge in [0.15, 0.2) is 5.11 Å². The molecule has 2 aliphatic rings. The van der Waals surface area contributed by atoms with Gasteiger partial charge in [-0.2, -0.15) is 0 Å². The Morgan fingerprint density at radius 3 is 1.95 bits per heavy atom. The maximum Gasteiger partial charge on any atom is 0.292 e. The summed E-state index contributed by atoms with van der Waals surface area (Å²) in [6, 6.07) is 24.9. The Kier molecular flexibility index (Phi) is 8.36. The van der Waals surface area contributed by atoms with Crippen molar-refractivity contribution in [3.63, 3.8) is 0 Å². The third-order valence-electron chi connectivity index (χ3n) is 7.54. The van der Waals surface area contributed by atoms with E-state index in [1.807, 2.05) is 77.7 Å². The van der Waals surface area contributed by atoms with Crippen molar-refractivity contribution in [3.8, 4) is 0 Å². The Labute approximate surface area is 234 Å². The highest BCUT2D eigenvalue weighted by Gasteiger charge is 2.27. The van der Waals surface area contributed by atoms with Gasteiger partial charge < -0.3 is 20.0 Å². The lowest BCUT2D eigenvalue weighted by atomic mass is 9.90. The second-order valence-corrected chi connectivity index (χ2v) is 10.4. The molecule has 3 aromatic rings. The third kappa shape index (κ3) is 6.20. The van der Waals surface area contributed by atoms with Crippen molar-refractivity contribution in [1.29, 1.82) is 0 Å². The molecule has 202 valence electrons. The molecule has 2 heterocycles. The maximum atomic E-state index is 13.5. The Balaban J connectivity index is 1.24. The first-order chi connectivity index (χ1) is 19.0. The van der Waals surface area contributed by atoms with Gasteiger partial charge in [0.1, 0.15) is 5.69 Å². The number of anilines is 2. The quantitative estimate of drug-likeness (QED) is 0.268. The van der Waals surface area contributed by atoms with Crippen molar-refractivity contribution in [2.75, 3.05) is 49.1 Å². The number of nitro groups is 1. The molecule has 1 amide bonds. The van der Waals surface area contributed by atoms with E-state index in [0.717, 1.165) is 42.7 Å². The smallest absolute Gasteiger partial charge is 0.292 e. The molecule has 8 nitrogen and oxygen atoms in total. The summed E-state index contributed by atoms with van der Waals surface area (Å²) in [4.78, 5) is 31.3. The molecule has 0 aromatic heterocycles. The molecule has 0 spiro atoms. The number of piperidine rings is 1. The van der Waals surface area contributed by atoms with E-state index in [1.54, 1.807) is 6.07 Å². The molecule has 39 heavy (non-hydrogen) atoms. The molecule has 2 fully saturated rings. The number of rotatable bonds is 6. The van der Waals surface area contributed by atoms with Crippen LogP contribution in [0.2, 0.25) is 0 Å². The van der Waals surface area contributed by atoms with Crippen molar-refractivity contribution >= 4 is 40.3 Å². The molecule has 0 radical (unpaired) electrons. The number of carbonyl (C=O) groups is 1. The van der Waals surface area contributed by atoms with Crippen molar-refractivity contribution in [2.45, 2.75) is 25.2 Å². The van der Waals surface area contributed by atoms with Gasteiger partial charge in [0, 0.05) is 51.0 Å². The minimum atomic E-state index is -0.458. The van der Waals surface area contributed by atoms with Gasteiger partial charge >= 0.3 is 0 Å². The van der Waals surface area contributed by atoms with E-state index in [1.165, 1.54) is 6.42 Å². The fraction of sp³-hybridized carbons (Fsp3) is 0.333. The zero-order valence-corrected chi connectivity index (χ0v) is 22.7. The van der Waals surface area contributed by atoms with Gasteiger partial charge in [-0.3, -0.25) is 14.9 Å². The standard InChI is InChI=1S/C30H33N5O3S/c36-29(28(23-10-4-1-5-11-23)24-12-6-2-7-13-24)31-30(39)34-20-18-32(19-21-34)25-14-15-26(35(37)38)27(22-25)33-16-8-3-9-17-33/h1-2,4-7,10-15,22,28H,3,8-9,16-21H2,(H,31,36,39). The zero-order chi connectivity index (χ0) is 27.2. The predicted octanol–water partition coefficient (Wildman–Crippen LogP) is 4.94. The van der Waals surface area contributed by atoms with Crippen LogP contribution in [0, 0.1) is 10.1 Å². The highest BCUT2D eigenvalue weighted by atomic mass is 32.1. The van der Waals surface area contributed by atoms with Crippen LogP contribution in [-0.4, -0.2) is 60.1 Å². The van der Waals surface area contributed by atoms with Gasteiger partial charge in [-0.05, 0) is 54.7 Å². The van der Waals surface area contributed by atoms with Gasteiger partial charge in [-0.15, -0.1) is 0 Å². The summed E-state index contributed by atoms with van der Waals surface area (Å²) in [7, 11) is 0. The first kappa shape index (κ1) is 26.6. The number of piperazine rings is 1. The average Bonchev–Trinajstić information content (AvgIpc) is 2.98. The number of benzene rings is 3. The van der Waals surface area contributed by atoms with Crippen LogP contribution >= 0.6 is 12.2 Å². The minimum absolute atomic E-state index is 0.152. The van der Waals surface area contributed by atoms with Gasteiger partial charge in [0.2, 0.25) is 5.91 Å². The number of nitro benzene ring substituents is 1. The van der Waals surface area contributed by atoms with Crippen LogP contribution in [0.25, 0.3) is 0 Å². The number of nitrogens with one attached hydrogen (secondary N) is 1. The maximum absolute atomic E-state index is 13.5. The monoisotopic (exact) mass is 543 g/mol. The largest absolute Gasteiger partial charge is 0.368 e. The van der Waals surface area contributed by atoms with Crippen molar-refractivity contribution in [1.82, 2.24) is 10.2 Å². The molecular weight excluding hydrogens is 510 g/mol. The molecule has 0 aliphatic carbocycles. The van der Waals surface area contributed by atoms with Crippen LogP contribution in [0.3, 0.4) is 0 Å². The molecule has 2 saturated heterocycles. The Morgan fingerprint density at radius 2 is 1.38 bits per heavy atom. The first-order valence-electron chi connectivity index (χ1n) is 13.5. The summed E-state index contributed by atoms with van der Waals surface area (Å²) in [5.41, 5.74) is 3.67. The summed E-state index contributed by atoms with van der Waals surface area (Å²) < 4.78 is 0. The second kappa shape index (κ2) is 12.3. The van der Waals surface area contributed by atoms with E-state index in [9.17, 15) is 14.9 Å². The topological polar surface area (TPSA) is 82.0 Å². The molecule has 9 heteroatoms. The molecule has 0 bridgehead atoms. The number of nitrogens with zero attached hydrogens (tertiary/aromatic N) is 4. The van der Waals surface area contributed by atoms with Gasteiger partial charge in [-0.25, -0.2) is 0 Å². The SMILES string of the molecule is O=C(NC(=S)N1CCN(c2ccc([N+](=O)[O-])c(N3CCCCC3)c2)CC1)C(c1ccccc1)c1ccccc1. The molecule has 5 rings (SSSR count). The third-order valence-corrected chi connectivity index (χ3v) is 7.90. The van der Waals surface area contributed by atoms with Crippen LogP contribution in [0.15, 0.2) is 78.9 Å². The highest BCUT2D eigenvalue weighted by molar-refractivity contribution is 7.80. The van der Waals surface area contributed by atoms with E-state index in [0.29, 0.717) is 37.0 Å². The predicted molar refractivity (Wildman–Crippen MR) is 158 cm³/mol. The molecule has 0 unspecified atom stereocenters. The summed E-state index contributed by atoms with van der Waals surface area (Å²) in [6.07, 6.45) is 3.27. The molecular formula is C30H33N5O3S. The molecule has 3 aromatic carbocycles.